The van der Waals surface area contributed by atoms with E-state index in [0.717, 1.165) is 0 Å². The van der Waals surface area contributed by atoms with Gasteiger partial charge in [-0.25, -0.2) is 4.79 Å². The van der Waals surface area contributed by atoms with Crippen LogP contribution in [-0.2, 0) is 0 Å². The van der Waals surface area contributed by atoms with Crippen molar-refractivity contribution in [3.05, 3.63) is 81.2 Å². The second-order valence-electron chi connectivity index (χ2n) is 6.41. The first kappa shape index (κ1) is 20.6. The molecule has 0 bridgehead atoms. The van der Waals surface area contributed by atoms with Crippen molar-refractivity contribution in [3.8, 4) is 28.6 Å². The van der Waals surface area contributed by atoms with Crippen LogP contribution in [0.25, 0.3) is 22.3 Å². The van der Waals surface area contributed by atoms with Crippen molar-refractivity contribution < 1.29 is 23.4 Å². The zero-order valence-corrected chi connectivity index (χ0v) is 18.1. The van der Waals surface area contributed by atoms with Crippen LogP contribution in [0.15, 0.2) is 74.6 Å². The Hall–Kier alpha value is -3.65. The first-order valence-corrected chi connectivity index (χ1v) is 9.92. The molecular formula is C23H16BrNO6. The van der Waals surface area contributed by atoms with Gasteiger partial charge in [-0.1, -0.05) is 12.1 Å². The van der Waals surface area contributed by atoms with Crippen LogP contribution in [0.2, 0.25) is 0 Å². The molecule has 0 aliphatic rings. The average Bonchev–Trinajstić information content (AvgIpc) is 2.80. The molecular weight excluding hydrogens is 466 g/mol. The second kappa shape index (κ2) is 8.61. The van der Waals surface area contributed by atoms with Gasteiger partial charge in [0.25, 0.3) is 0 Å². The lowest BCUT2D eigenvalue weighted by Crippen LogP contribution is -2.16. The highest BCUT2D eigenvalue weighted by atomic mass is 79.9. The maximum Gasteiger partial charge on any atom is 0.345 e. The van der Waals surface area contributed by atoms with Gasteiger partial charge >= 0.3 is 5.97 Å². The molecule has 0 amide bonds. The van der Waals surface area contributed by atoms with Gasteiger partial charge in [-0.3, -0.25) is 9.78 Å². The Labute approximate surface area is 185 Å². The number of carbonyl (C=O) groups excluding carboxylic acids is 1. The topological polar surface area (TPSA) is 87.9 Å². The van der Waals surface area contributed by atoms with Gasteiger partial charge in [-0.05, 0) is 52.3 Å². The number of methoxy groups -OCH3 is 2. The first-order chi connectivity index (χ1) is 15.0. The van der Waals surface area contributed by atoms with Gasteiger partial charge in [0.05, 0.1) is 29.6 Å². The molecule has 0 aliphatic carbocycles. The number of aromatic nitrogens is 1. The minimum absolute atomic E-state index is 0.0857. The Balaban J connectivity index is 1.94. The maximum atomic E-state index is 13.2. The van der Waals surface area contributed by atoms with Crippen molar-refractivity contribution in [1.82, 2.24) is 4.98 Å². The molecule has 0 fully saturated rings. The van der Waals surface area contributed by atoms with Gasteiger partial charge in [-0.2, -0.15) is 0 Å². The lowest BCUT2D eigenvalue weighted by Gasteiger charge is -2.14. The number of hydrogen-bond donors (Lipinski definition) is 0. The van der Waals surface area contributed by atoms with E-state index < -0.39 is 11.4 Å². The Morgan fingerprint density at radius 1 is 1.03 bits per heavy atom. The molecule has 0 saturated carbocycles. The summed E-state index contributed by atoms with van der Waals surface area (Å²) in [5.41, 5.74) is 0.547. The fourth-order valence-electron chi connectivity index (χ4n) is 3.09. The largest absolute Gasteiger partial charge is 0.493 e. The summed E-state index contributed by atoms with van der Waals surface area (Å²) >= 11 is 3.44. The van der Waals surface area contributed by atoms with Crippen molar-refractivity contribution in [2.75, 3.05) is 14.2 Å². The highest BCUT2D eigenvalue weighted by Gasteiger charge is 2.23. The van der Waals surface area contributed by atoms with Gasteiger partial charge in [0.2, 0.25) is 11.2 Å². The van der Waals surface area contributed by atoms with E-state index in [-0.39, 0.29) is 17.1 Å². The fourth-order valence-corrected chi connectivity index (χ4v) is 3.70. The second-order valence-corrected chi connectivity index (χ2v) is 7.26. The quantitative estimate of drug-likeness (QED) is 0.376. The van der Waals surface area contributed by atoms with Crippen LogP contribution in [0.1, 0.15) is 10.4 Å². The van der Waals surface area contributed by atoms with E-state index in [4.69, 9.17) is 18.6 Å². The number of halogens is 1. The molecule has 4 aromatic rings. The van der Waals surface area contributed by atoms with Crippen LogP contribution >= 0.6 is 15.9 Å². The highest BCUT2D eigenvalue weighted by molar-refractivity contribution is 9.10. The summed E-state index contributed by atoms with van der Waals surface area (Å²) in [6.45, 7) is 0. The van der Waals surface area contributed by atoms with Crippen LogP contribution < -0.4 is 19.6 Å². The van der Waals surface area contributed by atoms with Crippen molar-refractivity contribution >= 4 is 32.9 Å². The average molecular weight is 482 g/mol. The molecule has 2 aromatic carbocycles. The van der Waals surface area contributed by atoms with Crippen molar-refractivity contribution in [1.29, 1.82) is 0 Å². The summed E-state index contributed by atoms with van der Waals surface area (Å²) in [4.78, 5) is 29.8. The number of fused-ring (bicyclic) bond motifs is 1. The molecule has 156 valence electrons. The van der Waals surface area contributed by atoms with E-state index >= 15 is 0 Å². The van der Waals surface area contributed by atoms with E-state index in [0.29, 0.717) is 32.5 Å². The zero-order valence-electron chi connectivity index (χ0n) is 16.5. The van der Waals surface area contributed by atoms with Gasteiger partial charge in [0.15, 0.2) is 17.3 Å². The molecule has 0 spiro atoms. The summed E-state index contributed by atoms with van der Waals surface area (Å²) in [7, 11) is 3.01. The van der Waals surface area contributed by atoms with Gasteiger partial charge < -0.3 is 18.6 Å². The number of benzene rings is 2. The number of ether oxygens (including phenoxy) is 3. The molecule has 7 nitrogen and oxygen atoms in total. The molecule has 0 aliphatic heterocycles. The standard InChI is InChI=1S/C23H16BrNO6/c1-28-18-11-14(10-16(24)21(18)29-2)20-22(31-23(27)13-6-5-9-25-12-13)19(26)15-7-3-4-8-17(15)30-20/h3-12H,1-2H3. The Bertz CT molecular complexity index is 1330. The van der Waals surface area contributed by atoms with E-state index in [1.165, 1.54) is 26.6 Å². The number of esters is 1. The van der Waals surface area contributed by atoms with Crippen LogP contribution in [0.3, 0.4) is 0 Å². The van der Waals surface area contributed by atoms with Crippen LogP contribution in [-0.4, -0.2) is 25.2 Å². The number of carbonyl (C=O) groups is 1. The molecule has 0 N–H and O–H groups in total. The Morgan fingerprint density at radius 3 is 2.55 bits per heavy atom. The van der Waals surface area contributed by atoms with E-state index in [9.17, 15) is 9.59 Å². The number of rotatable bonds is 5. The third kappa shape index (κ3) is 3.89. The third-order valence-electron chi connectivity index (χ3n) is 4.54. The van der Waals surface area contributed by atoms with E-state index in [2.05, 4.69) is 20.9 Å². The molecule has 0 saturated heterocycles. The molecule has 0 atom stereocenters. The summed E-state index contributed by atoms with van der Waals surface area (Å²) in [6.07, 6.45) is 2.89. The van der Waals surface area contributed by atoms with Crippen molar-refractivity contribution in [2.24, 2.45) is 0 Å². The van der Waals surface area contributed by atoms with Crippen molar-refractivity contribution in [2.45, 2.75) is 0 Å². The molecule has 8 heteroatoms. The predicted octanol–water partition coefficient (Wildman–Crippen LogP) is 4.85. The third-order valence-corrected chi connectivity index (χ3v) is 5.13. The molecule has 2 heterocycles. The smallest absolute Gasteiger partial charge is 0.345 e. The van der Waals surface area contributed by atoms with Crippen LogP contribution in [0.4, 0.5) is 0 Å². The number of para-hydroxylation sites is 1. The number of nitrogens with zero attached hydrogens (tertiary/aromatic N) is 1. The SMILES string of the molecule is COc1cc(-c2oc3ccccc3c(=O)c2OC(=O)c2cccnc2)cc(Br)c1OC. The summed E-state index contributed by atoms with van der Waals surface area (Å²) < 4.78 is 22.9. The van der Waals surface area contributed by atoms with Gasteiger partial charge in [0.1, 0.15) is 5.58 Å². The Kier molecular flexibility index (Phi) is 5.73. The predicted molar refractivity (Wildman–Crippen MR) is 118 cm³/mol. The minimum Gasteiger partial charge on any atom is -0.493 e. The zero-order chi connectivity index (χ0) is 22.0. The minimum atomic E-state index is -0.725. The lowest BCUT2D eigenvalue weighted by molar-refractivity contribution is 0.0731. The molecule has 0 radical (unpaired) electrons. The lowest BCUT2D eigenvalue weighted by atomic mass is 10.1. The van der Waals surface area contributed by atoms with Gasteiger partial charge in [0, 0.05) is 18.0 Å². The number of pyridine rings is 1. The monoisotopic (exact) mass is 481 g/mol. The van der Waals surface area contributed by atoms with Crippen molar-refractivity contribution in [3.63, 3.8) is 0 Å². The molecule has 2 aromatic heterocycles. The normalized spacial score (nSPS) is 10.7. The number of hydrogen-bond acceptors (Lipinski definition) is 7. The van der Waals surface area contributed by atoms with Gasteiger partial charge in [-0.15, -0.1) is 0 Å². The summed E-state index contributed by atoms with van der Waals surface area (Å²) in [5, 5.41) is 0.291. The highest BCUT2D eigenvalue weighted by Crippen LogP contribution is 2.41. The Morgan fingerprint density at radius 2 is 1.84 bits per heavy atom. The van der Waals surface area contributed by atoms with Crippen LogP contribution in [0, 0.1) is 0 Å². The fraction of sp³-hybridized carbons (Fsp3) is 0.0870. The molecule has 31 heavy (non-hydrogen) atoms. The van der Waals surface area contributed by atoms with Crippen LogP contribution in [0.5, 0.6) is 17.2 Å². The first-order valence-electron chi connectivity index (χ1n) is 9.13. The van der Waals surface area contributed by atoms with E-state index in [1.807, 2.05) is 0 Å². The van der Waals surface area contributed by atoms with E-state index in [1.54, 1.807) is 48.5 Å². The maximum absolute atomic E-state index is 13.2. The molecule has 4 rings (SSSR count). The molecule has 0 unspecified atom stereocenters. The summed E-state index contributed by atoms with van der Waals surface area (Å²) in [6, 6.07) is 13.2. The summed E-state index contributed by atoms with van der Waals surface area (Å²) in [5.74, 6) is 0.0150.